The van der Waals surface area contributed by atoms with Gasteiger partial charge in [-0.1, -0.05) is 31.4 Å². The molecule has 1 saturated heterocycles. The Morgan fingerprint density at radius 3 is 2.37 bits per heavy atom. The first-order valence-electron chi connectivity index (χ1n) is 12.6. The summed E-state index contributed by atoms with van der Waals surface area (Å²) >= 11 is 0. The van der Waals surface area contributed by atoms with Gasteiger partial charge in [-0.2, -0.15) is 0 Å². The third kappa shape index (κ3) is 6.03. The molecule has 192 valence electrons. The molecule has 0 radical (unpaired) electrons. The van der Waals surface area contributed by atoms with E-state index in [1.54, 1.807) is 24.3 Å². The fourth-order valence-corrected chi connectivity index (χ4v) is 6.77. The summed E-state index contributed by atoms with van der Waals surface area (Å²) < 4.78 is 33.7. The lowest BCUT2D eigenvalue weighted by molar-refractivity contribution is -0.152. The minimum Gasteiger partial charge on any atom is -0.467 e. The summed E-state index contributed by atoms with van der Waals surface area (Å²) in [6, 6.07) is 4.41. The van der Waals surface area contributed by atoms with Gasteiger partial charge >= 0.3 is 5.97 Å². The number of amides is 2. The van der Waals surface area contributed by atoms with Gasteiger partial charge in [0.2, 0.25) is 21.8 Å². The molecule has 1 aromatic carbocycles. The molecule has 1 aromatic rings. The zero-order valence-electron chi connectivity index (χ0n) is 20.2. The molecule has 2 unspecified atom stereocenters. The van der Waals surface area contributed by atoms with Crippen LogP contribution in [0.25, 0.3) is 0 Å². The van der Waals surface area contributed by atoms with Gasteiger partial charge < -0.3 is 15.0 Å². The maximum absolute atomic E-state index is 13.8. The number of esters is 1. The smallest absolute Gasteiger partial charge is 0.328 e. The fourth-order valence-electron chi connectivity index (χ4n) is 5.53. The highest BCUT2D eigenvalue weighted by Gasteiger charge is 2.45. The van der Waals surface area contributed by atoms with Gasteiger partial charge in [-0.25, -0.2) is 17.9 Å². The number of nitrogens with zero attached hydrogens (tertiary/aromatic N) is 1. The van der Waals surface area contributed by atoms with Crippen LogP contribution in [0.4, 0.5) is 0 Å². The van der Waals surface area contributed by atoms with Gasteiger partial charge in [0.25, 0.3) is 0 Å². The van der Waals surface area contributed by atoms with E-state index in [9.17, 15) is 22.8 Å². The van der Waals surface area contributed by atoms with Gasteiger partial charge in [0.1, 0.15) is 12.1 Å². The van der Waals surface area contributed by atoms with E-state index in [2.05, 4.69) is 10.0 Å². The molecule has 4 bridgehead atoms. The molecule has 0 spiro atoms. The van der Waals surface area contributed by atoms with Crippen LogP contribution in [0.2, 0.25) is 0 Å². The topological polar surface area (TPSA) is 122 Å². The number of carbonyl (C=O) groups is 3. The largest absolute Gasteiger partial charge is 0.467 e. The first kappa shape index (κ1) is 25.6. The van der Waals surface area contributed by atoms with E-state index < -0.39 is 34.1 Å². The fraction of sp³-hybridized carbons (Fsp3) is 0.640. The Bertz CT molecular complexity index is 1040. The molecule has 2 N–H and O–H groups in total. The van der Waals surface area contributed by atoms with Crippen molar-refractivity contribution in [2.24, 2.45) is 5.92 Å². The van der Waals surface area contributed by atoms with E-state index in [0.717, 1.165) is 50.5 Å². The summed E-state index contributed by atoms with van der Waals surface area (Å²) in [6.07, 6.45) is 7.35. The molecule has 3 atom stereocenters. The second-order valence-corrected chi connectivity index (χ2v) is 11.6. The Kier molecular flexibility index (Phi) is 8.11. The summed E-state index contributed by atoms with van der Waals surface area (Å²) in [7, 11) is -2.59. The molecule has 9 nitrogen and oxygen atoms in total. The third-order valence-corrected chi connectivity index (χ3v) is 8.97. The molecule has 3 heterocycles. The average Bonchev–Trinajstić information content (AvgIpc) is 3.27. The number of carbonyl (C=O) groups excluding carboxylic acids is 3. The zero-order valence-corrected chi connectivity index (χ0v) is 21.0. The predicted molar refractivity (Wildman–Crippen MR) is 129 cm³/mol. The molecule has 10 heteroatoms. The minimum atomic E-state index is -3.84. The van der Waals surface area contributed by atoms with Gasteiger partial charge in [-0.05, 0) is 62.1 Å². The molecular weight excluding hydrogens is 470 g/mol. The lowest BCUT2D eigenvalue weighted by Gasteiger charge is -2.34. The summed E-state index contributed by atoms with van der Waals surface area (Å²) in [4.78, 5) is 40.8. The number of fused-ring (bicyclic) bond motifs is 10. The molecule has 4 aliphatic rings. The lowest BCUT2D eigenvalue weighted by Crippen LogP contribution is -2.55. The van der Waals surface area contributed by atoms with Crippen molar-refractivity contribution in [3.63, 3.8) is 0 Å². The molecule has 3 aliphatic heterocycles. The lowest BCUT2D eigenvalue weighted by atomic mass is 9.83. The van der Waals surface area contributed by atoms with Crippen LogP contribution in [0.1, 0.15) is 63.4 Å². The number of rotatable bonds is 2. The molecule has 5 rings (SSSR count). The highest BCUT2D eigenvalue weighted by Crippen LogP contribution is 2.30. The molecule has 2 amide bonds. The molecule has 0 aromatic heterocycles. The monoisotopic (exact) mass is 505 g/mol. The van der Waals surface area contributed by atoms with Gasteiger partial charge in [0, 0.05) is 19.0 Å². The van der Waals surface area contributed by atoms with Crippen LogP contribution in [0.3, 0.4) is 0 Å². The number of nitrogens with one attached hydrogen (secondary N) is 2. The second-order valence-electron chi connectivity index (χ2n) is 9.88. The van der Waals surface area contributed by atoms with Gasteiger partial charge in [0.15, 0.2) is 0 Å². The SMILES string of the molecule is COC(=O)C1C[C@@H]2CN1C(=O)C(C1CCCCC1)NC(=O)CCCCc1ccc(cc1)S(=O)(=O)N2. The molecular formula is C25H35N3O6S. The normalized spacial score (nSPS) is 28.4. The number of ether oxygens (including phenoxy) is 1. The predicted octanol–water partition coefficient (Wildman–Crippen LogP) is 1.90. The Balaban J connectivity index is 1.66. The third-order valence-electron chi connectivity index (χ3n) is 7.44. The summed E-state index contributed by atoms with van der Waals surface area (Å²) in [5, 5.41) is 2.98. The summed E-state index contributed by atoms with van der Waals surface area (Å²) in [5.41, 5.74) is 1.00. The van der Waals surface area contributed by atoms with Gasteiger partial charge in [-0.3, -0.25) is 9.59 Å². The van der Waals surface area contributed by atoms with E-state index in [0.29, 0.717) is 12.8 Å². The Hall–Kier alpha value is -2.46. The van der Waals surface area contributed by atoms with Crippen molar-refractivity contribution in [1.29, 1.82) is 0 Å². The number of sulfonamides is 1. The quantitative estimate of drug-likeness (QED) is 0.592. The number of methoxy groups -OCH3 is 1. The Morgan fingerprint density at radius 2 is 1.69 bits per heavy atom. The van der Waals surface area contributed by atoms with Crippen molar-refractivity contribution >= 4 is 27.8 Å². The zero-order chi connectivity index (χ0) is 25.0. The highest BCUT2D eigenvalue weighted by atomic mass is 32.2. The summed E-state index contributed by atoms with van der Waals surface area (Å²) in [5.74, 6) is -1.10. The van der Waals surface area contributed by atoms with Crippen molar-refractivity contribution in [2.75, 3.05) is 13.7 Å². The number of aryl methyl sites for hydroxylation is 1. The Labute approximate surface area is 207 Å². The van der Waals surface area contributed by atoms with E-state index >= 15 is 0 Å². The number of hydrogen-bond acceptors (Lipinski definition) is 6. The van der Waals surface area contributed by atoms with E-state index in [4.69, 9.17) is 4.74 Å². The van der Waals surface area contributed by atoms with Gasteiger partial charge in [0.05, 0.1) is 12.0 Å². The van der Waals surface area contributed by atoms with E-state index in [-0.39, 0.29) is 35.6 Å². The molecule has 1 saturated carbocycles. The first-order valence-corrected chi connectivity index (χ1v) is 14.1. The van der Waals surface area contributed by atoms with Crippen molar-refractivity contribution in [3.8, 4) is 0 Å². The van der Waals surface area contributed by atoms with Crippen molar-refractivity contribution in [3.05, 3.63) is 29.8 Å². The first-order chi connectivity index (χ1) is 16.8. The van der Waals surface area contributed by atoms with Crippen molar-refractivity contribution in [2.45, 2.75) is 87.2 Å². The minimum absolute atomic E-state index is 0.00771. The van der Waals surface area contributed by atoms with E-state index in [1.165, 1.54) is 12.0 Å². The van der Waals surface area contributed by atoms with Gasteiger partial charge in [-0.15, -0.1) is 0 Å². The van der Waals surface area contributed by atoms with Crippen LogP contribution in [-0.4, -0.2) is 62.9 Å². The molecule has 2 fully saturated rings. The van der Waals surface area contributed by atoms with Crippen LogP contribution in [0, 0.1) is 5.92 Å². The van der Waals surface area contributed by atoms with Crippen LogP contribution < -0.4 is 10.0 Å². The number of benzene rings is 1. The van der Waals surface area contributed by atoms with E-state index in [1.807, 2.05) is 0 Å². The maximum atomic E-state index is 13.8. The molecule has 35 heavy (non-hydrogen) atoms. The standard InChI is InChI=1S/C25H35N3O6S/c1-34-25(31)21-15-19-16-28(21)24(30)23(18-8-3-2-4-9-18)26-22(29)10-6-5-7-17-11-13-20(14-12-17)35(32,33)27-19/h11-14,18-19,21,23,27H,2-10,15-16H2,1H3,(H,26,29)/t19-,21?,23?/m1/s1. The van der Waals surface area contributed by atoms with Crippen molar-refractivity contribution in [1.82, 2.24) is 14.9 Å². The summed E-state index contributed by atoms with van der Waals surface area (Å²) in [6.45, 7) is 0.0367. The van der Waals surface area contributed by atoms with Crippen LogP contribution in [-0.2, 0) is 35.6 Å². The average molecular weight is 506 g/mol. The van der Waals surface area contributed by atoms with Crippen molar-refractivity contribution < 1.29 is 27.5 Å². The van der Waals surface area contributed by atoms with Crippen LogP contribution >= 0.6 is 0 Å². The maximum Gasteiger partial charge on any atom is 0.328 e. The second kappa shape index (κ2) is 11.1. The Morgan fingerprint density at radius 1 is 1.00 bits per heavy atom. The number of hydrogen-bond donors (Lipinski definition) is 2. The highest BCUT2D eigenvalue weighted by molar-refractivity contribution is 7.89. The van der Waals surface area contributed by atoms with Crippen LogP contribution in [0.15, 0.2) is 29.2 Å². The molecule has 1 aliphatic carbocycles. The van der Waals surface area contributed by atoms with Crippen LogP contribution in [0.5, 0.6) is 0 Å².